The highest BCUT2D eigenvalue weighted by Crippen LogP contribution is 2.34. The zero-order chi connectivity index (χ0) is 19.7. The van der Waals surface area contributed by atoms with Crippen molar-refractivity contribution in [2.75, 3.05) is 6.54 Å². The number of carbonyl (C=O) groups is 1. The van der Waals surface area contributed by atoms with Gasteiger partial charge < -0.3 is 9.42 Å². The summed E-state index contributed by atoms with van der Waals surface area (Å²) in [5.74, 6) is 0.0803. The summed E-state index contributed by atoms with van der Waals surface area (Å²) >= 11 is 0. The molecule has 144 valence electrons. The largest absolute Gasteiger partial charge is 0.416 e. The van der Waals surface area contributed by atoms with Gasteiger partial charge in [0.05, 0.1) is 11.5 Å². The smallest absolute Gasteiger partial charge is 0.339 e. The fraction of sp³-hybridized carbons (Fsp3) is 0.263. The van der Waals surface area contributed by atoms with Crippen molar-refractivity contribution >= 4 is 5.91 Å². The van der Waals surface area contributed by atoms with Gasteiger partial charge in [-0.25, -0.2) is 0 Å². The second-order valence-corrected chi connectivity index (χ2v) is 6.52. The second kappa shape index (κ2) is 7.06. The van der Waals surface area contributed by atoms with Crippen LogP contribution in [0.15, 0.2) is 53.3 Å². The molecule has 1 aliphatic heterocycles. The molecule has 2 aromatic heterocycles. The predicted molar refractivity (Wildman–Crippen MR) is 91.7 cm³/mol. The van der Waals surface area contributed by atoms with Gasteiger partial charge in [0.15, 0.2) is 0 Å². The van der Waals surface area contributed by atoms with Crippen LogP contribution >= 0.6 is 0 Å². The Balaban J connectivity index is 1.51. The molecule has 1 fully saturated rings. The van der Waals surface area contributed by atoms with Crippen LogP contribution in [0.1, 0.15) is 29.4 Å². The number of pyridine rings is 1. The summed E-state index contributed by atoms with van der Waals surface area (Å²) in [5, 5.41) is 3.92. The Morgan fingerprint density at radius 2 is 1.89 bits per heavy atom. The minimum absolute atomic E-state index is 0.0620. The highest BCUT2D eigenvalue weighted by atomic mass is 19.4. The number of hydrogen-bond donors (Lipinski definition) is 0. The summed E-state index contributed by atoms with van der Waals surface area (Å²) in [6, 6.07) is 8.73. The van der Waals surface area contributed by atoms with E-state index in [2.05, 4.69) is 15.1 Å². The fourth-order valence-corrected chi connectivity index (χ4v) is 3.25. The van der Waals surface area contributed by atoms with E-state index in [9.17, 15) is 18.0 Å². The van der Waals surface area contributed by atoms with Crippen molar-refractivity contribution < 1.29 is 22.5 Å². The van der Waals surface area contributed by atoms with Crippen molar-refractivity contribution in [3.63, 3.8) is 0 Å². The van der Waals surface area contributed by atoms with Gasteiger partial charge in [-0.1, -0.05) is 23.4 Å². The summed E-state index contributed by atoms with van der Waals surface area (Å²) in [5.41, 5.74) is 0.0568. The number of halogens is 3. The van der Waals surface area contributed by atoms with Crippen molar-refractivity contribution in [3.05, 3.63) is 65.8 Å². The SMILES string of the molecule is O=C1CC(c2nc(-c3ccncc3)no2)CN1Cc1ccccc1C(F)(F)F. The van der Waals surface area contributed by atoms with Crippen LogP contribution < -0.4 is 0 Å². The van der Waals surface area contributed by atoms with Gasteiger partial charge in [-0.15, -0.1) is 0 Å². The number of amides is 1. The summed E-state index contributed by atoms with van der Waals surface area (Å²) in [6.07, 6.45) is -1.15. The van der Waals surface area contributed by atoms with Gasteiger partial charge in [-0.2, -0.15) is 18.2 Å². The van der Waals surface area contributed by atoms with E-state index in [4.69, 9.17) is 4.52 Å². The van der Waals surface area contributed by atoms with Crippen LogP contribution in [0.5, 0.6) is 0 Å². The number of benzene rings is 1. The summed E-state index contributed by atoms with van der Waals surface area (Å²) in [4.78, 5) is 22.0. The van der Waals surface area contributed by atoms with E-state index in [0.717, 1.165) is 11.6 Å². The van der Waals surface area contributed by atoms with E-state index in [1.807, 2.05) is 0 Å². The zero-order valence-electron chi connectivity index (χ0n) is 14.6. The molecular weight excluding hydrogens is 373 g/mol. The van der Waals surface area contributed by atoms with Gasteiger partial charge in [-0.3, -0.25) is 9.78 Å². The Morgan fingerprint density at radius 3 is 2.64 bits per heavy atom. The van der Waals surface area contributed by atoms with E-state index in [0.29, 0.717) is 11.7 Å². The lowest BCUT2D eigenvalue weighted by Crippen LogP contribution is -2.26. The maximum absolute atomic E-state index is 13.2. The molecule has 0 aliphatic carbocycles. The molecule has 0 saturated carbocycles. The van der Waals surface area contributed by atoms with Gasteiger partial charge >= 0.3 is 6.18 Å². The number of nitrogens with zero attached hydrogens (tertiary/aromatic N) is 4. The summed E-state index contributed by atoms with van der Waals surface area (Å²) < 4.78 is 44.8. The topological polar surface area (TPSA) is 72.1 Å². The monoisotopic (exact) mass is 388 g/mol. The standard InChI is InChI=1S/C19H15F3N4O2/c20-19(21,22)15-4-2-1-3-13(15)10-26-11-14(9-16(26)27)18-24-17(25-28-18)12-5-7-23-8-6-12/h1-8,14H,9-11H2. The summed E-state index contributed by atoms with van der Waals surface area (Å²) in [6.45, 7) is 0.110. The Bertz CT molecular complexity index is 988. The first-order valence-corrected chi connectivity index (χ1v) is 8.58. The van der Waals surface area contributed by atoms with Crippen molar-refractivity contribution in [1.29, 1.82) is 0 Å². The van der Waals surface area contributed by atoms with Crippen molar-refractivity contribution in [3.8, 4) is 11.4 Å². The molecule has 1 unspecified atom stereocenters. The number of carbonyl (C=O) groups excluding carboxylic acids is 1. The number of alkyl halides is 3. The number of hydrogen-bond acceptors (Lipinski definition) is 5. The maximum atomic E-state index is 13.2. The number of likely N-dealkylation sites (tertiary alicyclic amines) is 1. The third-order valence-corrected chi connectivity index (χ3v) is 4.63. The normalized spacial score (nSPS) is 17.3. The average Bonchev–Trinajstić information content (AvgIpc) is 3.30. The van der Waals surface area contributed by atoms with E-state index in [1.165, 1.54) is 23.1 Å². The van der Waals surface area contributed by atoms with Crippen LogP contribution in [0.25, 0.3) is 11.4 Å². The minimum atomic E-state index is -4.47. The minimum Gasteiger partial charge on any atom is -0.339 e. The Morgan fingerprint density at radius 1 is 1.14 bits per heavy atom. The quantitative estimate of drug-likeness (QED) is 0.682. The molecule has 0 radical (unpaired) electrons. The van der Waals surface area contributed by atoms with Crippen LogP contribution in [-0.2, 0) is 17.5 Å². The Labute approximate surface area is 158 Å². The van der Waals surface area contributed by atoms with E-state index in [1.54, 1.807) is 24.5 Å². The third kappa shape index (κ3) is 3.60. The molecule has 3 aromatic rings. The lowest BCUT2D eigenvalue weighted by molar-refractivity contribution is -0.139. The predicted octanol–water partition coefficient (Wildman–Crippen LogP) is 3.67. The van der Waals surface area contributed by atoms with Crippen LogP contribution in [-0.4, -0.2) is 32.5 Å². The maximum Gasteiger partial charge on any atom is 0.416 e. The highest BCUT2D eigenvalue weighted by Gasteiger charge is 2.37. The molecule has 1 aliphatic rings. The Kier molecular flexibility index (Phi) is 4.58. The molecule has 1 amide bonds. The number of rotatable bonds is 4. The first kappa shape index (κ1) is 18.1. The first-order valence-electron chi connectivity index (χ1n) is 8.58. The van der Waals surface area contributed by atoms with Gasteiger partial charge in [-0.05, 0) is 23.8 Å². The van der Waals surface area contributed by atoms with E-state index >= 15 is 0 Å². The molecule has 0 spiro atoms. The highest BCUT2D eigenvalue weighted by molar-refractivity contribution is 5.79. The van der Waals surface area contributed by atoms with Gasteiger partial charge in [0.2, 0.25) is 17.6 Å². The molecule has 1 saturated heterocycles. The Hall–Kier alpha value is -3.23. The lowest BCUT2D eigenvalue weighted by atomic mass is 10.1. The molecule has 3 heterocycles. The molecule has 0 bridgehead atoms. The molecular formula is C19H15F3N4O2. The second-order valence-electron chi connectivity index (χ2n) is 6.52. The van der Waals surface area contributed by atoms with Crippen LogP contribution in [0.4, 0.5) is 13.2 Å². The van der Waals surface area contributed by atoms with Crippen molar-refractivity contribution in [2.24, 2.45) is 0 Å². The van der Waals surface area contributed by atoms with E-state index in [-0.39, 0.29) is 36.9 Å². The zero-order valence-corrected chi connectivity index (χ0v) is 14.6. The van der Waals surface area contributed by atoms with Crippen LogP contribution in [0.3, 0.4) is 0 Å². The summed E-state index contributed by atoms with van der Waals surface area (Å²) in [7, 11) is 0. The lowest BCUT2D eigenvalue weighted by Gasteiger charge is -2.19. The third-order valence-electron chi connectivity index (χ3n) is 4.63. The van der Waals surface area contributed by atoms with Gasteiger partial charge in [0, 0.05) is 37.5 Å². The van der Waals surface area contributed by atoms with Crippen molar-refractivity contribution in [1.82, 2.24) is 20.0 Å². The van der Waals surface area contributed by atoms with E-state index < -0.39 is 11.7 Å². The molecule has 6 nitrogen and oxygen atoms in total. The molecule has 4 rings (SSSR count). The van der Waals surface area contributed by atoms with Crippen LogP contribution in [0, 0.1) is 0 Å². The molecule has 1 atom stereocenters. The molecule has 28 heavy (non-hydrogen) atoms. The first-order chi connectivity index (χ1) is 13.4. The number of aromatic nitrogens is 3. The molecule has 0 N–H and O–H groups in total. The fourth-order valence-electron chi connectivity index (χ4n) is 3.25. The van der Waals surface area contributed by atoms with Gasteiger partial charge in [0.25, 0.3) is 0 Å². The molecule has 9 heteroatoms. The molecule has 1 aromatic carbocycles. The van der Waals surface area contributed by atoms with Crippen molar-refractivity contribution in [2.45, 2.75) is 25.1 Å². The van der Waals surface area contributed by atoms with Crippen LogP contribution in [0.2, 0.25) is 0 Å². The average molecular weight is 388 g/mol. The van der Waals surface area contributed by atoms with Gasteiger partial charge in [0.1, 0.15) is 0 Å².